The van der Waals surface area contributed by atoms with E-state index in [2.05, 4.69) is 10.3 Å². The molecule has 1 saturated heterocycles. The molecule has 7 nitrogen and oxygen atoms in total. The van der Waals surface area contributed by atoms with Gasteiger partial charge >= 0.3 is 0 Å². The number of carbonyl (C=O) groups excluding carboxylic acids is 1. The molecule has 0 spiro atoms. The average Bonchev–Trinajstić information content (AvgIpc) is 2.78. The van der Waals surface area contributed by atoms with Crippen molar-refractivity contribution in [1.82, 2.24) is 10.3 Å². The lowest BCUT2D eigenvalue weighted by Gasteiger charge is -2.22. The van der Waals surface area contributed by atoms with Gasteiger partial charge in [-0.05, 0) is 49.9 Å². The van der Waals surface area contributed by atoms with Crippen LogP contribution in [0.25, 0.3) is 6.08 Å². The highest BCUT2D eigenvalue weighted by Gasteiger charge is 2.13. The van der Waals surface area contributed by atoms with Crippen molar-refractivity contribution in [3.05, 3.63) is 53.2 Å². The molecule has 2 aromatic rings. The Morgan fingerprint density at radius 3 is 2.88 bits per heavy atom. The van der Waals surface area contributed by atoms with Gasteiger partial charge < -0.3 is 24.3 Å². The number of hydrogen-bond donors (Lipinski definition) is 1. The number of nitrogens with zero attached hydrogens (tertiary/aromatic N) is 1. The van der Waals surface area contributed by atoms with Gasteiger partial charge in [-0.3, -0.25) is 4.79 Å². The van der Waals surface area contributed by atoms with E-state index in [0.717, 1.165) is 31.4 Å². The number of amides is 1. The fraction of sp³-hybridized carbons (Fsp3) is 0.417. The third kappa shape index (κ3) is 8.15. The summed E-state index contributed by atoms with van der Waals surface area (Å²) in [5, 5.41) is 3.22. The normalized spacial score (nSPS) is 17.2. The fourth-order valence-electron chi connectivity index (χ4n) is 3.12. The van der Waals surface area contributed by atoms with Crippen molar-refractivity contribution in [2.24, 2.45) is 0 Å². The van der Waals surface area contributed by atoms with Crippen molar-refractivity contribution in [3.8, 4) is 17.4 Å². The third-order valence-electron chi connectivity index (χ3n) is 4.68. The van der Waals surface area contributed by atoms with E-state index in [1.165, 1.54) is 6.92 Å². The third-order valence-corrected chi connectivity index (χ3v) is 4.97. The van der Waals surface area contributed by atoms with Gasteiger partial charge in [0.15, 0.2) is 6.29 Å². The predicted molar refractivity (Wildman–Crippen MR) is 123 cm³/mol. The molecular formula is C24H29ClN2O5. The highest BCUT2D eigenvalue weighted by Crippen LogP contribution is 2.32. The molecule has 1 unspecified atom stereocenters. The molecule has 0 radical (unpaired) electrons. The molecule has 3 rings (SSSR count). The van der Waals surface area contributed by atoms with Crippen molar-refractivity contribution < 1.29 is 23.7 Å². The molecule has 172 valence electrons. The van der Waals surface area contributed by atoms with E-state index in [1.54, 1.807) is 30.5 Å². The smallest absolute Gasteiger partial charge is 0.219 e. The van der Waals surface area contributed by atoms with Crippen LogP contribution in [-0.2, 0) is 14.3 Å². The monoisotopic (exact) mass is 460 g/mol. The van der Waals surface area contributed by atoms with Gasteiger partial charge in [-0.1, -0.05) is 23.8 Å². The Balaban J connectivity index is 1.46. The molecule has 2 atom stereocenters. The first-order valence-corrected chi connectivity index (χ1v) is 11.1. The molecule has 1 amide bonds. The van der Waals surface area contributed by atoms with Gasteiger partial charge in [-0.25, -0.2) is 4.98 Å². The van der Waals surface area contributed by atoms with E-state index in [4.69, 9.17) is 30.5 Å². The second kappa shape index (κ2) is 12.4. The molecule has 0 saturated carbocycles. The largest absolute Gasteiger partial charge is 0.491 e. The average molecular weight is 461 g/mol. The van der Waals surface area contributed by atoms with Gasteiger partial charge in [0.25, 0.3) is 0 Å². The number of hydrogen-bond acceptors (Lipinski definition) is 6. The Kier molecular flexibility index (Phi) is 9.34. The van der Waals surface area contributed by atoms with E-state index < -0.39 is 0 Å². The van der Waals surface area contributed by atoms with Crippen LogP contribution in [0, 0.1) is 0 Å². The lowest BCUT2D eigenvalue weighted by Crippen LogP contribution is -2.28. The van der Waals surface area contributed by atoms with E-state index >= 15 is 0 Å². The minimum atomic E-state index is -0.123. The number of carbonyl (C=O) groups is 1. The molecule has 8 heteroatoms. The van der Waals surface area contributed by atoms with Gasteiger partial charge in [-0.15, -0.1) is 0 Å². The fourth-order valence-corrected chi connectivity index (χ4v) is 3.33. The summed E-state index contributed by atoms with van der Waals surface area (Å²) in [5.41, 5.74) is 0.894. The van der Waals surface area contributed by atoms with Crippen molar-refractivity contribution in [3.63, 3.8) is 0 Å². The Morgan fingerprint density at radius 2 is 2.19 bits per heavy atom. The molecule has 1 fully saturated rings. The zero-order valence-corrected chi connectivity index (χ0v) is 19.1. The first kappa shape index (κ1) is 24.0. The van der Waals surface area contributed by atoms with Crippen LogP contribution in [0.5, 0.6) is 17.4 Å². The Morgan fingerprint density at radius 1 is 1.31 bits per heavy atom. The molecule has 1 aliphatic heterocycles. The molecule has 0 bridgehead atoms. The van der Waals surface area contributed by atoms with Gasteiger partial charge in [0, 0.05) is 37.9 Å². The first-order chi connectivity index (χ1) is 15.5. The topological polar surface area (TPSA) is 78.9 Å². The summed E-state index contributed by atoms with van der Waals surface area (Å²) in [4.78, 5) is 15.4. The minimum absolute atomic E-state index is 0.0601. The van der Waals surface area contributed by atoms with E-state index in [0.29, 0.717) is 35.6 Å². The maximum atomic E-state index is 11.1. The molecule has 1 aliphatic rings. The molecule has 2 heterocycles. The SMILES string of the molecule is CC(=O)N[C@@H](C)/C=C/c1ccc(Oc2ccc(OCCOC3CCCCO3)cc2Cl)nc1. The standard InChI is InChI=1S/C24H29ClN2O5/c1-17(27-18(2)28)6-7-19-8-11-23(26-16-19)32-22-10-9-20(15-21(22)25)29-13-14-31-24-5-3-4-12-30-24/h6-11,15-17,24H,3-5,12-14H2,1-2H3,(H,27,28)/b7-6+/t17-,24?/m0/s1. The summed E-state index contributed by atoms with van der Waals surface area (Å²) in [6.07, 6.45) is 8.50. The first-order valence-electron chi connectivity index (χ1n) is 10.7. The summed E-state index contributed by atoms with van der Waals surface area (Å²) in [7, 11) is 0. The second-order valence-electron chi connectivity index (χ2n) is 7.49. The summed E-state index contributed by atoms with van der Waals surface area (Å²) >= 11 is 6.34. The van der Waals surface area contributed by atoms with Crippen LogP contribution in [0.15, 0.2) is 42.6 Å². The zero-order chi connectivity index (χ0) is 22.8. The maximum Gasteiger partial charge on any atom is 0.219 e. The lowest BCUT2D eigenvalue weighted by molar-refractivity contribution is -0.165. The number of benzene rings is 1. The molecular weight excluding hydrogens is 432 g/mol. The van der Waals surface area contributed by atoms with Crippen LogP contribution >= 0.6 is 11.6 Å². The highest BCUT2D eigenvalue weighted by molar-refractivity contribution is 6.32. The second-order valence-corrected chi connectivity index (χ2v) is 7.89. The van der Waals surface area contributed by atoms with E-state index in [-0.39, 0.29) is 18.2 Å². The van der Waals surface area contributed by atoms with E-state index in [9.17, 15) is 4.79 Å². The molecule has 1 N–H and O–H groups in total. The zero-order valence-electron chi connectivity index (χ0n) is 18.4. The number of rotatable bonds is 10. The molecule has 1 aromatic carbocycles. The number of halogens is 1. The Bertz CT molecular complexity index is 898. The Labute approximate surface area is 193 Å². The number of pyridine rings is 1. The summed E-state index contributed by atoms with van der Waals surface area (Å²) < 4.78 is 22.7. The van der Waals surface area contributed by atoms with Crippen LogP contribution in [0.3, 0.4) is 0 Å². The van der Waals surface area contributed by atoms with Gasteiger partial charge in [0.2, 0.25) is 11.8 Å². The maximum absolute atomic E-state index is 11.1. The van der Waals surface area contributed by atoms with Gasteiger partial charge in [0.05, 0.1) is 11.6 Å². The molecule has 32 heavy (non-hydrogen) atoms. The number of aromatic nitrogens is 1. The summed E-state index contributed by atoms with van der Waals surface area (Å²) in [5.74, 6) is 1.48. The summed E-state index contributed by atoms with van der Waals surface area (Å²) in [6, 6.07) is 8.81. The van der Waals surface area contributed by atoms with Gasteiger partial charge in [0.1, 0.15) is 18.1 Å². The van der Waals surface area contributed by atoms with Crippen LogP contribution in [-0.4, -0.2) is 43.0 Å². The summed E-state index contributed by atoms with van der Waals surface area (Å²) in [6.45, 7) is 5.01. The molecule has 0 aliphatic carbocycles. The van der Waals surface area contributed by atoms with Crippen LogP contribution in [0.4, 0.5) is 0 Å². The van der Waals surface area contributed by atoms with Gasteiger partial charge in [-0.2, -0.15) is 0 Å². The predicted octanol–water partition coefficient (Wildman–Crippen LogP) is 4.99. The van der Waals surface area contributed by atoms with Crippen LogP contribution in [0.1, 0.15) is 38.7 Å². The highest BCUT2D eigenvalue weighted by atomic mass is 35.5. The van der Waals surface area contributed by atoms with Crippen molar-refractivity contribution in [1.29, 1.82) is 0 Å². The van der Waals surface area contributed by atoms with E-state index in [1.807, 2.05) is 25.1 Å². The number of ether oxygens (including phenoxy) is 4. The van der Waals surface area contributed by atoms with Crippen LogP contribution < -0.4 is 14.8 Å². The quantitative estimate of drug-likeness (QED) is 0.503. The van der Waals surface area contributed by atoms with Crippen LogP contribution in [0.2, 0.25) is 5.02 Å². The number of nitrogens with one attached hydrogen (secondary N) is 1. The molecule has 1 aromatic heterocycles. The Hall–Kier alpha value is -2.61. The lowest BCUT2D eigenvalue weighted by atomic mass is 10.2. The van der Waals surface area contributed by atoms with Crippen molar-refractivity contribution >= 4 is 23.6 Å². The van der Waals surface area contributed by atoms with Crippen molar-refractivity contribution in [2.45, 2.75) is 45.4 Å². The van der Waals surface area contributed by atoms with Crippen molar-refractivity contribution in [2.75, 3.05) is 19.8 Å². The minimum Gasteiger partial charge on any atom is -0.491 e.